The van der Waals surface area contributed by atoms with Crippen LogP contribution in [0, 0.1) is 11.2 Å². The van der Waals surface area contributed by atoms with Gasteiger partial charge in [0.2, 0.25) is 0 Å². The van der Waals surface area contributed by atoms with Gasteiger partial charge in [0.15, 0.2) is 18.8 Å². The molecule has 1 aliphatic heterocycles. The summed E-state index contributed by atoms with van der Waals surface area (Å²) in [5.74, 6) is 0.436. The Kier molecular flexibility index (Phi) is 3.72. The summed E-state index contributed by atoms with van der Waals surface area (Å²) in [6.45, 7) is 2.06. The molecule has 1 aliphatic carbocycles. The lowest BCUT2D eigenvalue weighted by Crippen LogP contribution is -2.59. The van der Waals surface area contributed by atoms with Crippen LogP contribution in [0.2, 0.25) is 0 Å². The van der Waals surface area contributed by atoms with Crippen LogP contribution < -0.4 is 10.6 Å². The lowest BCUT2D eigenvalue weighted by molar-refractivity contribution is 0.0350. The summed E-state index contributed by atoms with van der Waals surface area (Å²) in [5.41, 5.74) is 1.50. The Labute approximate surface area is 138 Å². The van der Waals surface area contributed by atoms with E-state index in [-0.39, 0.29) is 18.3 Å². The van der Waals surface area contributed by atoms with E-state index in [4.69, 9.17) is 9.15 Å². The van der Waals surface area contributed by atoms with Crippen molar-refractivity contribution in [1.29, 1.82) is 0 Å². The number of ether oxygens (including phenoxy) is 1. The van der Waals surface area contributed by atoms with Crippen LogP contribution in [0.25, 0.3) is 0 Å². The van der Waals surface area contributed by atoms with Crippen molar-refractivity contribution in [2.24, 2.45) is 5.41 Å². The number of amides is 1. The number of nitrogens with one attached hydrogen (secondary N) is 2. The van der Waals surface area contributed by atoms with E-state index in [0.717, 1.165) is 31.5 Å². The highest BCUT2D eigenvalue weighted by atomic mass is 19.1. The average molecular weight is 331 g/mol. The Morgan fingerprint density at radius 1 is 1.46 bits per heavy atom. The monoisotopic (exact) mass is 331 g/mol. The third-order valence-electron chi connectivity index (χ3n) is 4.87. The summed E-state index contributed by atoms with van der Waals surface area (Å²) in [5, 5.41) is 5.79. The van der Waals surface area contributed by atoms with Crippen molar-refractivity contribution >= 4 is 11.8 Å². The molecule has 0 atom stereocenters. The molecule has 1 spiro atoms. The highest BCUT2D eigenvalue weighted by molar-refractivity contribution is 5.84. The molecule has 1 amide bonds. The number of carbonyl (C=O) groups excluding carboxylic acids is 1. The van der Waals surface area contributed by atoms with Crippen molar-refractivity contribution in [2.75, 3.05) is 18.4 Å². The number of benzene rings is 1. The molecule has 2 N–H and O–H groups in total. The molecule has 24 heavy (non-hydrogen) atoms. The molecule has 2 heterocycles. The van der Waals surface area contributed by atoms with E-state index in [1.165, 1.54) is 18.7 Å². The maximum Gasteiger partial charge on any atom is 0.412 e. The van der Waals surface area contributed by atoms with Gasteiger partial charge in [0.25, 0.3) is 0 Å². The number of halogens is 1. The Morgan fingerprint density at radius 3 is 2.92 bits per heavy atom. The summed E-state index contributed by atoms with van der Waals surface area (Å²) in [7, 11) is 0. The van der Waals surface area contributed by atoms with Crippen LogP contribution in [-0.4, -0.2) is 24.2 Å². The van der Waals surface area contributed by atoms with Crippen molar-refractivity contribution in [3.05, 3.63) is 47.9 Å². The summed E-state index contributed by atoms with van der Waals surface area (Å²) in [4.78, 5) is 15.4. The van der Waals surface area contributed by atoms with Crippen LogP contribution in [0.15, 0.2) is 35.2 Å². The number of hydrogen-bond acceptors (Lipinski definition) is 5. The molecule has 1 aromatic carbocycles. The van der Waals surface area contributed by atoms with Crippen molar-refractivity contribution in [3.8, 4) is 0 Å². The summed E-state index contributed by atoms with van der Waals surface area (Å²) in [6.07, 6.45) is 4.12. The normalized spacial score (nSPS) is 18.7. The molecule has 6 nitrogen and oxygen atoms in total. The molecular weight excluding hydrogens is 313 g/mol. The van der Waals surface area contributed by atoms with Gasteiger partial charge < -0.3 is 14.5 Å². The quantitative estimate of drug-likeness (QED) is 0.900. The second-order valence-electron chi connectivity index (χ2n) is 6.61. The Hall–Kier alpha value is -2.41. The van der Waals surface area contributed by atoms with E-state index in [1.807, 2.05) is 0 Å². The van der Waals surface area contributed by atoms with Gasteiger partial charge in [0.1, 0.15) is 5.82 Å². The molecule has 1 saturated carbocycles. The number of oxazole rings is 1. The van der Waals surface area contributed by atoms with E-state index < -0.39 is 6.09 Å². The Balaban J connectivity index is 1.33. The van der Waals surface area contributed by atoms with Gasteiger partial charge in [0, 0.05) is 18.8 Å². The van der Waals surface area contributed by atoms with Crippen molar-refractivity contribution in [2.45, 2.75) is 25.4 Å². The predicted molar refractivity (Wildman–Crippen MR) is 84.0 cm³/mol. The fourth-order valence-electron chi connectivity index (χ4n) is 3.51. The lowest BCUT2D eigenvalue weighted by atomic mass is 9.57. The minimum atomic E-state index is -0.665. The van der Waals surface area contributed by atoms with Crippen molar-refractivity contribution in [1.82, 2.24) is 10.3 Å². The van der Waals surface area contributed by atoms with Gasteiger partial charge in [-0.25, -0.2) is 14.2 Å². The summed E-state index contributed by atoms with van der Waals surface area (Å²) in [6, 6.07) is 4.80. The molecule has 1 aromatic heterocycles. The van der Waals surface area contributed by atoms with E-state index >= 15 is 0 Å². The van der Waals surface area contributed by atoms with Crippen LogP contribution in [0.4, 0.5) is 14.9 Å². The smallest absolute Gasteiger partial charge is 0.412 e. The topological polar surface area (TPSA) is 76.4 Å². The first-order valence-corrected chi connectivity index (χ1v) is 7.95. The van der Waals surface area contributed by atoms with E-state index in [9.17, 15) is 9.18 Å². The second-order valence-corrected chi connectivity index (χ2v) is 6.61. The van der Waals surface area contributed by atoms with Gasteiger partial charge in [0.05, 0.1) is 6.20 Å². The standard InChI is InChI=1S/C17H18FN3O3/c18-15-3-12(21-16(22)23-7-13-6-19-10-24-13)1-2-14(15)11-4-17(5-11)8-20-9-17/h1-3,6,10-11,20H,4-5,7-9H2,(H,21,22). The fraction of sp³-hybridized carbons (Fsp3) is 0.412. The number of nitrogens with zero attached hydrogens (tertiary/aromatic N) is 1. The van der Waals surface area contributed by atoms with Gasteiger partial charge in [-0.05, 0) is 41.9 Å². The van der Waals surface area contributed by atoms with E-state index in [0.29, 0.717) is 16.9 Å². The van der Waals surface area contributed by atoms with Gasteiger partial charge in [-0.15, -0.1) is 0 Å². The predicted octanol–water partition coefficient (Wildman–Crippen LogP) is 3.03. The van der Waals surface area contributed by atoms with Gasteiger partial charge in [-0.1, -0.05) is 6.07 Å². The molecule has 0 unspecified atom stereocenters. The SMILES string of the molecule is O=C(Nc1ccc(C2CC3(CNC3)C2)c(F)c1)OCc1cnco1. The fourth-order valence-corrected chi connectivity index (χ4v) is 3.51. The zero-order valence-electron chi connectivity index (χ0n) is 13.0. The van der Waals surface area contributed by atoms with Crippen LogP contribution in [0.1, 0.15) is 30.1 Å². The van der Waals surface area contributed by atoms with Crippen LogP contribution in [-0.2, 0) is 11.3 Å². The first-order chi connectivity index (χ1) is 11.6. The van der Waals surface area contributed by atoms with Crippen LogP contribution >= 0.6 is 0 Å². The minimum absolute atomic E-state index is 0.0232. The maximum atomic E-state index is 14.3. The highest BCUT2D eigenvalue weighted by Gasteiger charge is 2.49. The maximum absolute atomic E-state index is 14.3. The highest BCUT2D eigenvalue weighted by Crippen LogP contribution is 2.53. The molecule has 4 rings (SSSR count). The molecule has 126 valence electrons. The molecule has 2 aliphatic rings. The van der Waals surface area contributed by atoms with Gasteiger partial charge in [-0.2, -0.15) is 0 Å². The third kappa shape index (κ3) is 2.87. The largest absolute Gasteiger partial charge is 0.445 e. The number of aromatic nitrogens is 1. The molecule has 1 saturated heterocycles. The number of anilines is 1. The summed E-state index contributed by atoms with van der Waals surface area (Å²) < 4.78 is 24.3. The molecule has 0 radical (unpaired) electrons. The first-order valence-electron chi connectivity index (χ1n) is 7.95. The zero-order chi connectivity index (χ0) is 16.6. The van der Waals surface area contributed by atoms with Crippen molar-refractivity contribution < 1.29 is 18.3 Å². The second kappa shape index (κ2) is 5.90. The number of carbonyl (C=O) groups is 1. The van der Waals surface area contributed by atoms with Gasteiger partial charge in [-0.3, -0.25) is 5.32 Å². The minimum Gasteiger partial charge on any atom is -0.445 e. The average Bonchev–Trinajstić information content (AvgIpc) is 2.97. The molecule has 2 aromatic rings. The van der Waals surface area contributed by atoms with Crippen LogP contribution in [0.3, 0.4) is 0 Å². The zero-order valence-corrected chi connectivity index (χ0v) is 13.0. The van der Waals surface area contributed by atoms with Crippen molar-refractivity contribution in [3.63, 3.8) is 0 Å². The number of rotatable bonds is 4. The Bertz CT molecular complexity index is 736. The third-order valence-corrected chi connectivity index (χ3v) is 4.87. The number of hydrogen-bond donors (Lipinski definition) is 2. The summed E-state index contributed by atoms with van der Waals surface area (Å²) >= 11 is 0. The van der Waals surface area contributed by atoms with Gasteiger partial charge >= 0.3 is 6.09 Å². The molecule has 2 fully saturated rings. The molecule has 0 bridgehead atoms. The molecule has 7 heteroatoms. The molecular formula is C17H18FN3O3. The van der Waals surface area contributed by atoms with E-state index in [2.05, 4.69) is 15.6 Å². The first kappa shape index (κ1) is 15.1. The van der Waals surface area contributed by atoms with E-state index in [1.54, 1.807) is 12.1 Å². The van der Waals surface area contributed by atoms with Crippen LogP contribution in [0.5, 0.6) is 0 Å². The Morgan fingerprint density at radius 2 is 2.29 bits per heavy atom. The lowest BCUT2D eigenvalue weighted by Gasteiger charge is -2.54.